The summed E-state index contributed by atoms with van der Waals surface area (Å²) >= 11 is 13.5. The van der Waals surface area contributed by atoms with E-state index >= 15 is 0 Å². The number of anilines is 2. The van der Waals surface area contributed by atoms with E-state index in [9.17, 15) is 14.4 Å². The number of aromatic nitrogens is 2. The SMILES string of the molecule is CN(C)C1CN(c2ccc(-n3cc(C=O)c(=O)c4cc(Cl)c(N5CC6(CC6)CC5CO/C(NC5CC5)=C(Cl)/C=C\C=O)cc43)cn2)C1.CO. The minimum atomic E-state index is -0.362. The number of ether oxygens (including phenoxy) is 1. The number of likely N-dealkylation sites (N-methyl/N-ethyl adjacent to an activating group) is 1. The number of nitrogens with zero attached hydrogens (tertiary/aromatic N) is 5. The van der Waals surface area contributed by atoms with E-state index in [1.807, 2.05) is 22.8 Å². The highest BCUT2D eigenvalue weighted by atomic mass is 35.5. The van der Waals surface area contributed by atoms with Crippen molar-refractivity contribution < 1.29 is 19.4 Å². The summed E-state index contributed by atoms with van der Waals surface area (Å²) in [6.45, 7) is 3.01. The zero-order chi connectivity index (χ0) is 34.9. The summed E-state index contributed by atoms with van der Waals surface area (Å²) in [5, 5.41) is 11.5. The summed E-state index contributed by atoms with van der Waals surface area (Å²) in [4.78, 5) is 47.7. The average Bonchev–Trinajstić information content (AvgIpc) is 4.01. The number of carbonyl (C=O) groups is 2. The number of allylic oxidation sites excluding steroid dienone is 3. The predicted molar refractivity (Wildman–Crippen MR) is 193 cm³/mol. The van der Waals surface area contributed by atoms with Crippen LogP contribution in [0.2, 0.25) is 5.02 Å². The van der Waals surface area contributed by atoms with Crippen LogP contribution >= 0.6 is 23.2 Å². The molecule has 1 spiro atoms. The number of benzene rings is 1. The second kappa shape index (κ2) is 14.5. The number of aldehydes is 2. The Kier molecular flexibility index (Phi) is 10.4. The molecule has 7 rings (SSSR count). The number of fused-ring (bicyclic) bond motifs is 1. The van der Waals surface area contributed by atoms with Crippen molar-refractivity contribution in [2.45, 2.75) is 50.2 Å². The van der Waals surface area contributed by atoms with Crippen molar-refractivity contribution in [3.05, 3.63) is 80.5 Å². The molecule has 11 nitrogen and oxygen atoms in total. The summed E-state index contributed by atoms with van der Waals surface area (Å²) in [6, 6.07) is 8.38. The fraction of sp³-hybridized carbons (Fsp3) is 0.444. The summed E-state index contributed by atoms with van der Waals surface area (Å²) in [6.07, 6.45) is 12.8. The van der Waals surface area contributed by atoms with Gasteiger partial charge in [0.15, 0.2) is 11.7 Å². The van der Waals surface area contributed by atoms with Crippen LogP contribution in [0.25, 0.3) is 16.6 Å². The van der Waals surface area contributed by atoms with E-state index in [2.05, 4.69) is 34.1 Å². The number of nitrogens with one attached hydrogen (secondary N) is 1. The summed E-state index contributed by atoms with van der Waals surface area (Å²) in [5.41, 5.74) is 2.06. The Labute approximate surface area is 295 Å². The van der Waals surface area contributed by atoms with E-state index in [0.717, 1.165) is 76.0 Å². The average molecular weight is 710 g/mol. The van der Waals surface area contributed by atoms with Crippen LogP contribution in [0.3, 0.4) is 0 Å². The normalized spacial score (nSPS) is 20.3. The van der Waals surface area contributed by atoms with Gasteiger partial charge in [0.1, 0.15) is 23.7 Å². The Balaban J connectivity index is 0.00000205. The van der Waals surface area contributed by atoms with E-state index in [1.54, 1.807) is 18.5 Å². The lowest BCUT2D eigenvalue weighted by molar-refractivity contribution is -0.104. The molecule has 260 valence electrons. The number of halogens is 2. The summed E-state index contributed by atoms with van der Waals surface area (Å²) in [5.74, 6) is 1.35. The van der Waals surface area contributed by atoms with E-state index in [-0.39, 0.29) is 22.4 Å². The molecule has 4 fully saturated rings. The molecule has 4 aliphatic rings. The van der Waals surface area contributed by atoms with E-state index < -0.39 is 0 Å². The molecule has 2 saturated heterocycles. The number of hydrogen-bond acceptors (Lipinski definition) is 10. The third-order valence-corrected chi connectivity index (χ3v) is 10.5. The van der Waals surface area contributed by atoms with Crippen molar-refractivity contribution in [3.8, 4) is 5.69 Å². The van der Waals surface area contributed by atoms with Crippen LogP contribution in [0.1, 0.15) is 42.5 Å². The number of carbonyl (C=O) groups excluding carboxylic acids is 2. The molecule has 0 bridgehead atoms. The van der Waals surface area contributed by atoms with Gasteiger partial charge in [0.05, 0.1) is 39.7 Å². The lowest BCUT2D eigenvalue weighted by Gasteiger charge is -2.43. The number of pyridine rings is 2. The topological polar surface area (TPSA) is 120 Å². The molecule has 0 amide bonds. The van der Waals surface area contributed by atoms with Crippen molar-refractivity contribution in [1.29, 1.82) is 0 Å². The second-order valence-electron chi connectivity index (χ2n) is 13.5. The molecule has 2 aliphatic carbocycles. The van der Waals surface area contributed by atoms with Gasteiger partial charge in [-0.2, -0.15) is 0 Å². The van der Waals surface area contributed by atoms with Gasteiger partial charge in [-0.3, -0.25) is 14.4 Å². The van der Waals surface area contributed by atoms with Gasteiger partial charge in [0.25, 0.3) is 0 Å². The number of aliphatic hydroxyl groups excluding tert-OH is 1. The van der Waals surface area contributed by atoms with Crippen LogP contribution in [0.4, 0.5) is 11.5 Å². The first-order chi connectivity index (χ1) is 23.7. The molecule has 1 atom stereocenters. The van der Waals surface area contributed by atoms with E-state index in [1.165, 1.54) is 12.2 Å². The standard InChI is InChI=1S/C35H38Cl2N6O4.CH4O/c1-40(2)26-17-41(18-26)32-8-7-24(15-38-32)42-16-22(19-45)33(46)27-12-29(37)31(13-30(27)42)43-21-35(9-10-35)14-25(43)20-47-34(39-23-5-6-23)28(36)4-3-11-44;1-2/h3-4,7-8,11-13,15-16,19,23,25-26,39H,5-6,9-10,14,17-18,20-21H2,1-2H3;2H,1H3/b4-3-,34-28-;. The molecule has 4 heterocycles. The van der Waals surface area contributed by atoms with E-state index in [0.29, 0.717) is 58.1 Å². The van der Waals surface area contributed by atoms with Crippen LogP contribution in [0.15, 0.2) is 64.5 Å². The minimum absolute atomic E-state index is 0.000795. The Morgan fingerprint density at radius 3 is 2.55 bits per heavy atom. The fourth-order valence-corrected chi connectivity index (χ4v) is 7.11. The Morgan fingerprint density at radius 2 is 1.94 bits per heavy atom. The number of aliphatic hydroxyl groups is 1. The van der Waals surface area contributed by atoms with Gasteiger partial charge < -0.3 is 34.4 Å². The first-order valence-electron chi connectivity index (χ1n) is 16.5. The summed E-state index contributed by atoms with van der Waals surface area (Å²) in [7, 11) is 5.16. The lowest BCUT2D eigenvalue weighted by Crippen LogP contribution is -2.57. The highest BCUT2D eigenvalue weighted by Gasteiger charge is 2.52. The van der Waals surface area contributed by atoms with Gasteiger partial charge in [0.2, 0.25) is 5.88 Å². The van der Waals surface area contributed by atoms with Gasteiger partial charge in [-0.1, -0.05) is 23.2 Å². The Bertz CT molecular complexity index is 1830. The zero-order valence-corrected chi connectivity index (χ0v) is 29.5. The third-order valence-electron chi connectivity index (χ3n) is 9.91. The zero-order valence-electron chi connectivity index (χ0n) is 27.9. The lowest BCUT2D eigenvalue weighted by atomic mass is 10.0. The highest BCUT2D eigenvalue weighted by Crippen LogP contribution is 2.56. The van der Waals surface area contributed by atoms with E-state index in [4.69, 9.17) is 38.0 Å². The molecule has 2 N–H and O–H groups in total. The molecule has 49 heavy (non-hydrogen) atoms. The maximum atomic E-state index is 13.4. The molecule has 1 unspecified atom stereocenters. The van der Waals surface area contributed by atoms with Gasteiger partial charge in [-0.25, -0.2) is 4.98 Å². The largest absolute Gasteiger partial charge is 0.476 e. The minimum Gasteiger partial charge on any atom is -0.476 e. The van der Waals surface area contributed by atoms with Gasteiger partial charge >= 0.3 is 0 Å². The molecule has 1 aromatic carbocycles. The van der Waals surface area contributed by atoms with Gasteiger partial charge in [-0.05, 0) is 88.0 Å². The van der Waals surface area contributed by atoms with Crippen LogP contribution in [0, 0.1) is 5.41 Å². The van der Waals surface area contributed by atoms with Crippen LogP contribution < -0.4 is 20.5 Å². The monoisotopic (exact) mass is 708 g/mol. The second-order valence-corrected chi connectivity index (χ2v) is 14.3. The molecule has 0 radical (unpaired) electrons. The molecule has 2 saturated carbocycles. The number of rotatable bonds is 12. The Hall–Kier alpha value is -3.90. The quantitative estimate of drug-likeness (QED) is 0.120. The van der Waals surface area contributed by atoms with Crippen LogP contribution in [-0.2, 0) is 9.53 Å². The van der Waals surface area contributed by atoms with Gasteiger partial charge in [-0.15, -0.1) is 0 Å². The molecule has 3 aromatic rings. The highest BCUT2D eigenvalue weighted by molar-refractivity contribution is 6.34. The van der Waals surface area contributed by atoms with Crippen molar-refractivity contribution in [2.24, 2.45) is 5.41 Å². The predicted octanol–water partition coefficient (Wildman–Crippen LogP) is 4.50. The molecular weight excluding hydrogens is 667 g/mol. The maximum Gasteiger partial charge on any atom is 0.206 e. The van der Waals surface area contributed by atoms with Crippen LogP contribution in [0.5, 0.6) is 0 Å². The van der Waals surface area contributed by atoms with Crippen molar-refractivity contribution in [3.63, 3.8) is 0 Å². The maximum absolute atomic E-state index is 13.4. The molecule has 13 heteroatoms. The van der Waals surface area contributed by atoms with Crippen molar-refractivity contribution in [2.75, 3.05) is 57.2 Å². The third kappa shape index (κ3) is 7.35. The number of hydrogen-bond donors (Lipinski definition) is 2. The van der Waals surface area contributed by atoms with Crippen molar-refractivity contribution >= 4 is 58.2 Å². The first kappa shape index (κ1) is 34.9. The smallest absolute Gasteiger partial charge is 0.206 e. The Morgan fingerprint density at radius 1 is 1.18 bits per heavy atom. The molecular formula is C36H42Cl2N6O5. The first-order valence-corrected chi connectivity index (χ1v) is 17.3. The molecule has 2 aliphatic heterocycles. The molecule has 2 aromatic heterocycles. The fourth-order valence-electron chi connectivity index (χ4n) is 6.66. The van der Waals surface area contributed by atoms with Gasteiger partial charge in [0, 0.05) is 50.4 Å². The summed E-state index contributed by atoms with van der Waals surface area (Å²) < 4.78 is 8.17. The van der Waals surface area contributed by atoms with Crippen molar-refractivity contribution in [1.82, 2.24) is 19.8 Å². The van der Waals surface area contributed by atoms with Crippen LogP contribution in [-0.4, -0.2) is 97.7 Å².